The summed E-state index contributed by atoms with van der Waals surface area (Å²) >= 11 is 0. The molecule has 4 nitrogen and oxygen atoms in total. The molecule has 2 heterocycles. The second-order valence-electron chi connectivity index (χ2n) is 7.08. The summed E-state index contributed by atoms with van der Waals surface area (Å²) in [5, 5.41) is 2.43. The number of benzene rings is 4. The van der Waals surface area contributed by atoms with Crippen LogP contribution in [0.15, 0.2) is 97.3 Å². The van der Waals surface area contributed by atoms with Crippen molar-refractivity contribution in [3.8, 4) is 17.2 Å². The Labute approximate surface area is 167 Å². The number of rotatable bonds is 3. The summed E-state index contributed by atoms with van der Waals surface area (Å²) in [6.07, 6.45) is 1.85. The van der Waals surface area contributed by atoms with Crippen LogP contribution in [-0.4, -0.2) is 14.5 Å². The van der Waals surface area contributed by atoms with Gasteiger partial charge in [-0.15, -0.1) is 0 Å². The number of fused-ring (bicyclic) bond motifs is 4. The Morgan fingerprint density at radius 1 is 0.690 bits per heavy atom. The van der Waals surface area contributed by atoms with Gasteiger partial charge in [0, 0.05) is 28.4 Å². The van der Waals surface area contributed by atoms with Crippen molar-refractivity contribution < 1.29 is 4.74 Å². The zero-order valence-corrected chi connectivity index (χ0v) is 15.5. The minimum Gasteiger partial charge on any atom is -0.457 e. The van der Waals surface area contributed by atoms with E-state index in [-0.39, 0.29) is 0 Å². The number of H-pyrrole nitrogens is 1. The molecule has 0 fully saturated rings. The van der Waals surface area contributed by atoms with Crippen molar-refractivity contribution in [2.45, 2.75) is 0 Å². The zero-order chi connectivity index (χ0) is 19.2. The van der Waals surface area contributed by atoms with Gasteiger partial charge in [-0.2, -0.15) is 0 Å². The Kier molecular flexibility index (Phi) is 3.43. The summed E-state index contributed by atoms with van der Waals surface area (Å²) < 4.78 is 8.25. The molecule has 6 aromatic rings. The molecule has 0 saturated heterocycles. The monoisotopic (exact) mass is 375 g/mol. The number of hydrogen-bond donors (Lipinski definition) is 1. The molecule has 29 heavy (non-hydrogen) atoms. The van der Waals surface area contributed by atoms with E-state index in [1.54, 1.807) is 0 Å². The fourth-order valence-electron chi connectivity index (χ4n) is 3.90. The maximum absolute atomic E-state index is 6.18. The quantitative estimate of drug-likeness (QED) is 0.386. The Morgan fingerprint density at radius 2 is 1.52 bits per heavy atom. The lowest BCUT2D eigenvalue weighted by molar-refractivity contribution is 0.483. The van der Waals surface area contributed by atoms with Gasteiger partial charge in [-0.05, 0) is 42.5 Å². The number of aromatic amines is 1. The van der Waals surface area contributed by atoms with Gasteiger partial charge >= 0.3 is 0 Å². The van der Waals surface area contributed by atoms with Crippen molar-refractivity contribution in [1.82, 2.24) is 14.5 Å². The highest BCUT2D eigenvalue weighted by Crippen LogP contribution is 2.31. The molecule has 2 aromatic heterocycles. The summed E-state index contributed by atoms with van der Waals surface area (Å²) in [4.78, 5) is 7.95. The lowest BCUT2D eigenvalue weighted by Crippen LogP contribution is -1.93. The first-order valence-electron chi connectivity index (χ1n) is 9.56. The van der Waals surface area contributed by atoms with Crippen LogP contribution in [0.5, 0.6) is 11.5 Å². The highest BCUT2D eigenvalue weighted by atomic mass is 16.5. The summed E-state index contributed by atoms with van der Waals surface area (Å²) in [7, 11) is 0. The van der Waals surface area contributed by atoms with E-state index < -0.39 is 0 Å². The van der Waals surface area contributed by atoms with Crippen LogP contribution in [0, 0.1) is 0 Å². The Morgan fingerprint density at radius 3 is 2.52 bits per heavy atom. The number of ether oxygens (including phenoxy) is 1. The number of aromatic nitrogens is 3. The van der Waals surface area contributed by atoms with Gasteiger partial charge in [0.15, 0.2) is 0 Å². The van der Waals surface area contributed by atoms with Gasteiger partial charge in [0.25, 0.3) is 0 Å². The van der Waals surface area contributed by atoms with Crippen molar-refractivity contribution in [3.63, 3.8) is 0 Å². The molecule has 0 bridgehead atoms. The normalized spacial score (nSPS) is 11.4. The fraction of sp³-hybridized carbons (Fsp3) is 0. The zero-order valence-electron chi connectivity index (χ0n) is 15.5. The van der Waals surface area contributed by atoms with Crippen molar-refractivity contribution in [3.05, 3.63) is 97.3 Å². The van der Waals surface area contributed by atoms with Crippen molar-refractivity contribution in [2.75, 3.05) is 0 Å². The molecule has 1 N–H and O–H groups in total. The molecule has 0 atom stereocenters. The number of imidazole rings is 1. The Bertz CT molecular complexity index is 1490. The average Bonchev–Trinajstić information content (AvgIpc) is 3.35. The molecular weight excluding hydrogens is 358 g/mol. The molecule has 138 valence electrons. The van der Waals surface area contributed by atoms with Gasteiger partial charge in [-0.1, -0.05) is 36.4 Å². The van der Waals surface area contributed by atoms with E-state index >= 15 is 0 Å². The lowest BCUT2D eigenvalue weighted by Gasteiger charge is -2.09. The number of para-hydroxylation sites is 3. The third-order valence-electron chi connectivity index (χ3n) is 5.26. The molecule has 6 rings (SSSR count). The molecule has 0 spiro atoms. The molecule has 0 saturated carbocycles. The van der Waals surface area contributed by atoms with E-state index in [1.807, 2.05) is 54.9 Å². The van der Waals surface area contributed by atoms with E-state index in [0.717, 1.165) is 39.3 Å². The first-order valence-corrected chi connectivity index (χ1v) is 9.56. The van der Waals surface area contributed by atoms with Gasteiger partial charge < -0.3 is 9.72 Å². The van der Waals surface area contributed by atoms with Gasteiger partial charge in [-0.3, -0.25) is 4.57 Å². The lowest BCUT2D eigenvalue weighted by atomic mass is 10.1. The van der Waals surface area contributed by atoms with Crippen LogP contribution in [0.1, 0.15) is 0 Å². The van der Waals surface area contributed by atoms with Crippen LogP contribution < -0.4 is 4.74 Å². The topological polar surface area (TPSA) is 42.8 Å². The van der Waals surface area contributed by atoms with Crippen LogP contribution in [0.4, 0.5) is 0 Å². The Balaban J connectivity index is 1.37. The predicted molar refractivity (Wildman–Crippen MR) is 117 cm³/mol. The van der Waals surface area contributed by atoms with Gasteiger partial charge in [0.2, 0.25) is 0 Å². The minimum atomic E-state index is 0.788. The predicted octanol–water partition coefficient (Wildman–Crippen LogP) is 6.45. The highest BCUT2D eigenvalue weighted by Gasteiger charge is 2.08. The summed E-state index contributed by atoms with van der Waals surface area (Å²) in [5.74, 6) is 1.59. The van der Waals surface area contributed by atoms with Crippen LogP contribution in [0.3, 0.4) is 0 Å². The third-order valence-corrected chi connectivity index (χ3v) is 5.26. The maximum atomic E-state index is 6.18. The highest BCUT2D eigenvalue weighted by molar-refractivity contribution is 6.07. The standard InChI is InChI=1S/C25H17N3O/c1-2-9-22-20(8-1)21-13-12-19(15-24(21)27-22)29-18-7-5-6-17(14-18)28-16-26-23-10-3-4-11-25(23)28/h1-16,27H. The van der Waals surface area contributed by atoms with E-state index in [1.165, 1.54) is 10.8 Å². The second-order valence-corrected chi connectivity index (χ2v) is 7.08. The van der Waals surface area contributed by atoms with Crippen molar-refractivity contribution in [2.24, 2.45) is 0 Å². The molecule has 0 aliphatic carbocycles. The number of nitrogens with one attached hydrogen (secondary N) is 1. The number of nitrogens with zero attached hydrogens (tertiary/aromatic N) is 2. The molecule has 0 radical (unpaired) electrons. The average molecular weight is 375 g/mol. The van der Waals surface area contributed by atoms with Crippen LogP contribution in [-0.2, 0) is 0 Å². The molecule has 0 aliphatic rings. The smallest absolute Gasteiger partial charge is 0.129 e. The summed E-state index contributed by atoms with van der Waals surface area (Å²) in [6.45, 7) is 0. The first kappa shape index (κ1) is 16.0. The maximum Gasteiger partial charge on any atom is 0.129 e. The van der Waals surface area contributed by atoms with Crippen LogP contribution in [0.2, 0.25) is 0 Å². The van der Waals surface area contributed by atoms with Crippen LogP contribution in [0.25, 0.3) is 38.5 Å². The minimum absolute atomic E-state index is 0.788. The fourth-order valence-corrected chi connectivity index (χ4v) is 3.90. The summed E-state index contributed by atoms with van der Waals surface area (Å²) in [5.41, 5.74) is 5.27. The molecule has 0 aliphatic heterocycles. The SMILES string of the molecule is c1cc(Oc2ccc3c(c2)[nH]c2ccccc23)cc(-n2cnc3ccccc32)c1. The molecule has 0 unspecified atom stereocenters. The third kappa shape index (κ3) is 2.65. The van der Waals surface area contributed by atoms with Gasteiger partial charge in [-0.25, -0.2) is 4.98 Å². The molecule has 4 aromatic carbocycles. The van der Waals surface area contributed by atoms with E-state index in [9.17, 15) is 0 Å². The molecule has 4 heteroatoms. The summed E-state index contributed by atoms with van der Waals surface area (Å²) in [6, 6.07) is 30.7. The number of hydrogen-bond acceptors (Lipinski definition) is 2. The first-order chi connectivity index (χ1) is 14.3. The van der Waals surface area contributed by atoms with Gasteiger partial charge in [0.05, 0.1) is 22.2 Å². The molecular formula is C25H17N3O. The van der Waals surface area contributed by atoms with E-state index in [4.69, 9.17) is 4.74 Å². The molecule has 0 amide bonds. The van der Waals surface area contributed by atoms with Gasteiger partial charge in [0.1, 0.15) is 17.8 Å². The van der Waals surface area contributed by atoms with E-state index in [2.05, 4.69) is 57.0 Å². The Hall–Kier alpha value is -4.05. The van der Waals surface area contributed by atoms with Crippen molar-refractivity contribution >= 4 is 32.8 Å². The second kappa shape index (κ2) is 6.24. The van der Waals surface area contributed by atoms with E-state index in [0.29, 0.717) is 0 Å². The van der Waals surface area contributed by atoms with Crippen molar-refractivity contribution in [1.29, 1.82) is 0 Å². The van der Waals surface area contributed by atoms with Crippen LogP contribution >= 0.6 is 0 Å². The largest absolute Gasteiger partial charge is 0.457 e.